The molecule has 0 saturated heterocycles. The lowest BCUT2D eigenvalue weighted by Gasteiger charge is -2.16. The Morgan fingerprint density at radius 3 is 2.44 bits per heavy atom. The molecule has 0 bridgehead atoms. The Hall–Kier alpha value is -2.95. The van der Waals surface area contributed by atoms with E-state index in [4.69, 9.17) is 0 Å². The van der Waals surface area contributed by atoms with E-state index in [0.29, 0.717) is 11.4 Å². The normalized spacial score (nSPS) is 12.2. The fraction of sp³-hybridized carbons (Fsp3) is 0.318. The van der Waals surface area contributed by atoms with Crippen LogP contribution in [0, 0.1) is 0 Å². The third kappa shape index (κ3) is 4.08. The second kappa shape index (κ2) is 8.16. The number of nitrogens with zero attached hydrogens (tertiary/aromatic N) is 3. The number of carbonyl (C=O) groups is 1. The molecule has 140 valence electrons. The van der Waals surface area contributed by atoms with Gasteiger partial charge in [-0.05, 0) is 42.5 Å². The number of aromatic nitrogens is 3. The first-order valence-corrected chi connectivity index (χ1v) is 9.40. The van der Waals surface area contributed by atoms with E-state index in [2.05, 4.69) is 60.4 Å². The van der Waals surface area contributed by atoms with Crippen LogP contribution in [0.3, 0.4) is 0 Å². The van der Waals surface area contributed by atoms with E-state index in [1.54, 1.807) is 17.1 Å². The number of hydrogen-bond acceptors (Lipinski definition) is 3. The third-order valence-corrected chi connectivity index (χ3v) is 4.70. The molecule has 5 nitrogen and oxygen atoms in total. The topological polar surface area (TPSA) is 59.8 Å². The van der Waals surface area contributed by atoms with Crippen LogP contribution in [0.25, 0.3) is 5.82 Å². The van der Waals surface area contributed by atoms with Crippen molar-refractivity contribution >= 4 is 5.91 Å². The van der Waals surface area contributed by atoms with Gasteiger partial charge in [0.2, 0.25) is 0 Å². The van der Waals surface area contributed by atoms with Gasteiger partial charge >= 0.3 is 0 Å². The lowest BCUT2D eigenvalue weighted by atomic mass is 10.0. The summed E-state index contributed by atoms with van der Waals surface area (Å²) >= 11 is 0. The minimum atomic E-state index is -0.118. The molecule has 2 heterocycles. The molecule has 2 aromatic heterocycles. The van der Waals surface area contributed by atoms with E-state index in [9.17, 15) is 4.79 Å². The highest BCUT2D eigenvalue weighted by Gasteiger charge is 2.22. The van der Waals surface area contributed by atoms with Gasteiger partial charge in [0.05, 0.1) is 23.5 Å². The largest absolute Gasteiger partial charge is 0.345 e. The van der Waals surface area contributed by atoms with Crippen LogP contribution < -0.4 is 5.32 Å². The molecule has 5 heteroatoms. The number of aryl methyl sites for hydroxylation is 1. The molecule has 0 radical (unpaired) electrons. The molecule has 0 aliphatic rings. The van der Waals surface area contributed by atoms with E-state index in [1.165, 1.54) is 5.56 Å². The number of benzene rings is 1. The van der Waals surface area contributed by atoms with Crippen molar-refractivity contribution in [1.82, 2.24) is 20.1 Å². The van der Waals surface area contributed by atoms with Crippen LogP contribution in [0.1, 0.15) is 66.8 Å². The molecule has 0 fully saturated rings. The van der Waals surface area contributed by atoms with Crippen molar-refractivity contribution in [3.63, 3.8) is 0 Å². The maximum Gasteiger partial charge on any atom is 0.255 e. The van der Waals surface area contributed by atoms with Crippen LogP contribution in [-0.2, 0) is 6.42 Å². The van der Waals surface area contributed by atoms with Gasteiger partial charge in [0.1, 0.15) is 0 Å². The first kappa shape index (κ1) is 18.8. The van der Waals surface area contributed by atoms with Crippen molar-refractivity contribution in [2.45, 2.75) is 46.1 Å². The molecular weight excluding hydrogens is 336 g/mol. The quantitative estimate of drug-likeness (QED) is 0.705. The van der Waals surface area contributed by atoms with Crippen molar-refractivity contribution in [3.05, 3.63) is 77.2 Å². The van der Waals surface area contributed by atoms with Gasteiger partial charge in [0.15, 0.2) is 5.82 Å². The average Bonchev–Trinajstić information content (AvgIpc) is 3.14. The van der Waals surface area contributed by atoms with Crippen molar-refractivity contribution < 1.29 is 4.79 Å². The molecular formula is C22H26N4O. The molecule has 1 aromatic carbocycles. The lowest BCUT2D eigenvalue weighted by molar-refractivity contribution is 0.0938. The zero-order valence-electron chi connectivity index (χ0n) is 16.3. The fourth-order valence-corrected chi connectivity index (χ4v) is 3.15. The highest BCUT2D eigenvalue weighted by molar-refractivity contribution is 5.95. The summed E-state index contributed by atoms with van der Waals surface area (Å²) in [6, 6.07) is 13.9. The Labute approximate surface area is 160 Å². The zero-order chi connectivity index (χ0) is 19.4. The van der Waals surface area contributed by atoms with Gasteiger partial charge in [-0.15, -0.1) is 0 Å². The molecule has 0 spiro atoms. The van der Waals surface area contributed by atoms with Gasteiger partial charge in [-0.2, -0.15) is 5.10 Å². The minimum absolute atomic E-state index is 0.0818. The first-order valence-electron chi connectivity index (χ1n) is 9.40. The number of amides is 1. The number of pyridine rings is 1. The maximum absolute atomic E-state index is 12.9. The summed E-state index contributed by atoms with van der Waals surface area (Å²) in [5, 5.41) is 7.52. The van der Waals surface area contributed by atoms with Crippen LogP contribution in [0.5, 0.6) is 0 Å². The van der Waals surface area contributed by atoms with Gasteiger partial charge in [0, 0.05) is 6.20 Å². The standard InChI is InChI=1S/C22H26N4O/c1-5-17-9-11-18(12-10-17)16(4)25-22(27)19-14-24-26(21(19)15(2)3)20-8-6-7-13-23-20/h6-16H,5H2,1-4H3,(H,25,27). The predicted molar refractivity (Wildman–Crippen MR) is 107 cm³/mol. The van der Waals surface area contributed by atoms with Crippen LogP contribution in [0.15, 0.2) is 54.9 Å². The third-order valence-electron chi connectivity index (χ3n) is 4.70. The first-order chi connectivity index (χ1) is 13.0. The van der Waals surface area contributed by atoms with E-state index < -0.39 is 0 Å². The number of rotatable bonds is 6. The van der Waals surface area contributed by atoms with Gasteiger partial charge < -0.3 is 5.32 Å². The zero-order valence-corrected chi connectivity index (χ0v) is 16.3. The second-order valence-electron chi connectivity index (χ2n) is 6.99. The van der Waals surface area contributed by atoms with Gasteiger partial charge in [-0.25, -0.2) is 9.67 Å². The molecule has 1 amide bonds. The summed E-state index contributed by atoms with van der Waals surface area (Å²) in [5.74, 6) is 0.728. The summed E-state index contributed by atoms with van der Waals surface area (Å²) in [6.07, 6.45) is 4.36. The number of carbonyl (C=O) groups excluding carboxylic acids is 1. The minimum Gasteiger partial charge on any atom is -0.345 e. The Morgan fingerprint density at radius 2 is 1.85 bits per heavy atom. The summed E-state index contributed by atoms with van der Waals surface area (Å²) in [7, 11) is 0. The summed E-state index contributed by atoms with van der Waals surface area (Å²) in [5.41, 5.74) is 3.83. The molecule has 1 atom stereocenters. The predicted octanol–water partition coefficient (Wildman–Crippen LogP) is 4.44. The van der Waals surface area contributed by atoms with Gasteiger partial charge in [0.25, 0.3) is 5.91 Å². The van der Waals surface area contributed by atoms with Crippen LogP contribution >= 0.6 is 0 Å². The fourth-order valence-electron chi connectivity index (χ4n) is 3.15. The smallest absolute Gasteiger partial charge is 0.255 e. The molecule has 1 unspecified atom stereocenters. The summed E-state index contributed by atoms with van der Waals surface area (Å²) < 4.78 is 1.75. The molecule has 1 N–H and O–H groups in total. The van der Waals surface area contributed by atoms with Crippen LogP contribution in [-0.4, -0.2) is 20.7 Å². The van der Waals surface area contributed by atoms with Crippen molar-refractivity contribution in [2.75, 3.05) is 0 Å². The van der Waals surface area contributed by atoms with Gasteiger partial charge in [-0.3, -0.25) is 4.79 Å². The highest BCUT2D eigenvalue weighted by atomic mass is 16.1. The van der Waals surface area contributed by atoms with E-state index in [1.807, 2.05) is 25.1 Å². The number of hydrogen-bond donors (Lipinski definition) is 1. The Morgan fingerprint density at radius 1 is 1.11 bits per heavy atom. The van der Waals surface area contributed by atoms with Crippen molar-refractivity contribution in [2.24, 2.45) is 0 Å². The second-order valence-corrected chi connectivity index (χ2v) is 6.99. The molecule has 3 aromatic rings. The Bertz CT molecular complexity index is 898. The van der Waals surface area contributed by atoms with Crippen molar-refractivity contribution in [3.8, 4) is 5.82 Å². The average molecular weight is 362 g/mol. The lowest BCUT2D eigenvalue weighted by Crippen LogP contribution is -2.27. The summed E-state index contributed by atoms with van der Waals surface area (Å²) in [4.78, 5) is 17.3. The Kier molecular flexibility index (Phi) is 5.69. The molecule has 0 aliphatic heterocycles. The molecule has 27 heavy (non-hydrogen) atoms. The Balaban J connectivity index is 1.85. The maximum atomic E-state index is 12.9. The molecule has 0 aliphatic carbocycles. The van der Waals surface area contributed by atoms with E-state index >= 15 is 0 Å². The van der Waals surface area contributed by atoms with Crippen molar-refractivity contribution in [1.29, 1.82) is 0 Å². The molecule has 0 saturated carbocycles. The van der Waals surface area contributed by atoms with E-state index in [0.717, 1.165) is 17.7 Å². The van der Waals surface area contributed by atoms with Gasteiger partial charge in [-0.1, -0.05) is 51.1 Å². The number of nitrogens with one attached hydrogen (secondary N) is 1. The highest BCUT2D eigenvalue weighted by Crippen LogP contribution is 2.23. The van der Waals surface area contributed by atoms with Crippen LogP contribution in [0.4, 0.5) is 0 Å². The molecule has 3 rings (SSSR count). The monoisotopic (exact) mass is 362 g/mol. The SMILES string of the molecule is CCc1ccc(C(C)NC(=O)c2cnn(-c3ccccn3)c2C(C)C)cc1. The van der Waals surface area contributed by atoms with E-state index in [-0.39, 0.29) is 17.9 Å². The summed E-state index contributed by atoms with van der Waals surface area (Å²) in [6.45, 7) is 8.24. The van der Waals surface area contributed by atoms with Crippen LogP contribution in [0.2, 0.25) is 0 Å².